The van der Waals surface area contributed by atoms with Crippen LogP contribution in [0, 0.1) is 11.8 Å². The molecule has 3 nitrogen and oxygen atoms in total. The third-order valence-corrected chi connectivity index (χ3v) is 4.27. The number of nitrogens with zero attached hydrogens (tertiary/aromatic N) is 1. The van der Waals surface area contributed by atoms with Crippen LogP contribution < -0.4 is 5.73 Å². The fourth-order valence-electron chi connectivity index (χ4n) is 2.63. The van der Waals surface area contributed by atoms with E-state index in [1.54, 1.807) is 0 Å². The fraction of sp³-hybridized carbons (Fsp3) is 0.611. The molecule has 0 aliphatic heterocycles. The van der Waals surface area contributed by atoms with E-state index >= 15 is 0 Å². The van der Waals surface area contributed by atoms with Gasteiger partial charge in [0.05, 0.1) is 5.92 Å². The van der Waals surface area contributed by atoms with E-state index in [-0.39, 0.29) is 11.8 Å². The number of carbonyl (C=O) groups excluding carboxylic acids is 1. The van der Waals surface area contributed by atoms with Crippen molar-refractivity contribution in [1.82, 2.24) is 4.90 Å². The van der Waals surface area contributed by atoms with Gasteiger partial charge in [-0.2, -0.15) is 0 Å². The maximum absolute atomic E-state index is 13.0. The van der Waals surface area contributed by atoms with Crippen molar-refractivity contribution in [2.75, 3.05) is 19.6 Å². The van der Waals surface area contributed by atoms with Crippen molar-refractivity contribution in [2.45, 2.75) is 40.0 Å². The Kier molecular flexibility index (Phi) is 7.44. The normalized spacial score (nSPS) is 15.3. The first kappa shape index (κ1) is 17.7. The average molecular weight is 290 g/mol. The van der Waals surface area contributed by atoms with Crippen LogP contribution in [0.1, 0.15) is 45.6 Å². The van der Waals surface area contributed by atoms with Gasteiger partial charge >= 0.3 is 0 Å². The van der Waals surface area contributed by atoms with Crippen LogP contribution in [0.4, 0.5) is 0 Å². The lowest BCUT2D eigenvalue weighted by molar-refractivity contribution is -0.134. The van der Waals surface area contributed by atoms with Gasteiger partial charge in [-0.3, -0.25) is 4.79 Å². The van der Waals surface area contributed by atoms with Crippen molar-refractivity contribution >= 4 is 5.91 Å². The van der Waals surface area contributed by atoms with Crippen LogP contribution in [-0.2, 0) is 4.79 Å². The van der Waals surface area contributed by atoms with Gasteiger partial charge in [-0.05, 0) is 30.9 Å². The Morgan fingerprint density at radius 3 is 2.29 bits per heavy atom. The van der Waals surface area contributed by atoms with Gasteiger partial charge in [0.25, 0.3) is 0 Å². The van der Waals surface area contributed by atoms with Crippen molar-refractivity contribution in [2.24, 2.45) is 17.6 Å². The predicted octanol–water partition coefficient (Wildman–Crippen LogP) is 3.26. The lowest BCUT2D eigenvalue weighted by Crippen LogP contribution is -2.41. The molecule has 0 aliphatic carbocycles. The summed E-state index contributed by atoms with van der Waals surface area (Å²) in [6, 6.07) is 10.1. The molecule has 3 atom stereocenters. The summed E-state index contributed by atoms with van der Waals surface area (Å²) in [6.07, 6.45) is 0.995. The highest BCUT2D eigenvalue weighted by atomic mass is 16.2. The minimum Gasteiger partial charge on any atom is -0.342 e. The first-order valence-corrected chi connectivity index (χ1v) is 8.08. The van der Waals surface area contributed by atoms with E-state index in [2.05, 4.69) is 32.9 Å². The third-order valence-electron chi connectivity index (χ3n) is 4.27. The smallest absolute Gasteiger partial charge is 0.230 e. The van der Waals surface area contributed by atoms with Gasteiger partial charge in [-0.15, -0.1) is 0 Å². The second-order valence-corrected chi connectivity index (χ2v) is 5.99. The van der Waals surface area contributed by atoms with E-state index in [1.165, 1.54) is 0 Å². The molecule has 0 fully saturated rings. The van der Waals surface area contributed by atoms with Crippen LogP contribution >= 0.6 is 0 Å². The van der Waals surface area contributed by atoms with Crippen LogP contribution in [0.3, 0.4) is 0 Å². The molecule has 0 spiro atoms. The SMILES string of the molecule is CCC(C)C(C(=O)N(CC)CC(C)CN)c1ccccc1. The van der Waals surface area contributed by atoms with E-state index < -0.39 is 0 Å². The summed E-state index contributed by atoms with van der Waals surface area (Å²) in [7, 11) is 0. The van der Waals surface area contributed by atoms with E-state index in [0.717, 1.165) is 25.1 Å². The summed E-state index contributed by atoms with van der Waals surface area (Å²) in [5.74, 6) is 0.851. The van der Waals surface area contributed by atoms with Crippen molar-refractivity contribution in [1.29, 1.82) is 0 Å². The topological polar surface area (TPSA) is 46.3 Å². The lowest BCUT2D eigenvalue weighted by Gasteiger charge is -2.31. The minimum atomic E-state index is -0.0545. The van der Waals surface area contributed by atoms with Crippen LogP contribution in [0.2, 0.25) is 0 Å². The van der Waals surface area contributed by atoms with Crippen LogP contribution in [-0.4, -0.2) is 30.4 Å². The molecule has 1 aromatic carbocycles. The van der Waals surface area contributed by atoms with E-state index in [9.17, 15) is 4.79 Å². The van der Waals surface area contributed by atoms with Gasteiger partial charge in [0.1, 0.15) is 0 Å². The first-order valence-electron chi connectivity index (χ1n) is 8.08. The third kappa shape index (κ3) is 4.85. The molecule has 0 heterocycles. The van der Waals surface area contributed by atoms with Crippen molar-refractivity contribution in [3.63, 3.8) is 0 Å². The molecule has 0 bridgehead atoms. The highest BCUT2D eigenvalue weighted by Crippen LogP contribution is 2.29. The van der Waals surface area contributed by atoms with Gasteiger partial charge < -0.3 is 10.6 Å². The number of likely N-dealkylation sites (N-methyl/N-ethyl adjacent to an activating group) is 1. The highest BCUT2D eigenvalue weighted by Gasteiger charge is 2.29. The number of hydrogen-bond donors (Lipinski definition) is 1. The van der Waals surface area contributed by atoms with Crippen molar-refractivity contribution in [3.8, 4) is 0 Å². The summed E-state index contributed by atoms with van der Waals surface area (Å²) in [6.45, 7) is 10.5. The second kappa shape index (κ2) is 8.83. The molecule has 3 unspecified atom stereocenters. The van der Waals surface area contributed by atoms with Gasteiger partial charge in [-0.25, -0.2) is 0 Å². The standard InChI is InChI=1S/C18H30N2O/c1-5-15(4)17(16-10-8-7-9-11-16)18(21)20(6-2)13-14(3)12-19/h7-11,14-15,17H,5-6,12-13,19H2,1-4H3. The molecular weight excluding hydrogens is 260 g/mol. The molecule has 0 aromatic heterocycles. The van der Waals surface area contributed by atoms with Crippen molar-refractivity contribution in [3.05, 3.63) is 35.9 Å². The number of amides is 1. The molecule has 21 heavy (non-hydrogen) atoms. The summed E-state index contributed by atoms with van der Waals surface area (Å²) in [5, 5.41) is 0. The van der Waals surface area contributed by atoms with Crippen LogP contribution in [0.5, 0.6) is 0 Å². The molecule has 1 amide bonds. The Hall–Kier alpha value is -1.35. The van der Waals surface area contributed by atoms with E-state index in [0.29, 0.717) is 18.4 Å². The van der Waals surface area contributed by atoms with Gasteiger partial charge in [0.2, 0.25) is 5.91 Å². The molecule has 0 aliphatic rings. The maximum atomic E-state index is 13.0. The predicted molar refractivity (Wildman–Crippen MR) is 89.1 cm³/mol. The Morgan fingerprint density at radius 1 is 1.19 bits per heavy atom. The quantitative estimate of drug-likeness (QED) is 0.799. The Morgan fingerprint density at radius 2 is 1.81 bits per heavy atom. The minimum absolute atomic E-state index is 0.0545. The number of rotatable bonds is 8. The van der Waals surface area contributed by atoms with Gasteiger partial charge in [0.15, 0.2) is 0 Å². The Labute approximate surface area is 129 Å². The summed E-state index contributed by atoms with van der Waals surface area (Å²) < 4.78 is 0. The molecule has 3 heteroatoms. The van der Waals surface area contributed by atoms with Crippen LogP contribution in [0.15, 0.2) is 30.3 Å². The molecule has 0 radical (unpaired) electrons. The molecule has 2 N–H and O–H groups in total. The molecule has 118 valence electrons. The second-order valence-electron chi connectivity index (χ2n) is 5.99. The Bertz CT molecular complexity index is 418. The molecule has 1 aromatic rings. The molecule has 0 saturated heterocycles. The number of nitrogens with two attached hydrogens (primary N) is 1. The molecule has 1 rings (SSSR count). The van der Waals surface area contributed by atoms with E-state index in [4.69, 9.17) is 5.73 Å². The fourth-order valence-corrected chi connectivity index (χ4v) is 2.63. The zero-order valence-corrected chi connectivity index (χ0v) is 13.9. The zero-order chi connectivity index (χ0) is 15.8. The van der Waals surface area contributed by atoms with Gasteiger partial charge in [0, 0.05) is 13.1 Å². The maximum Gasteiger partial charge on any atom is 0.230 e. The lowest BCUT2D eigenvalue weighted by atomic mass is 9.84. The summed E-state index contributed by atoms with van der Waals surface area (Å²) in [5.41, 5.74) is 6.83. The summed E-state index contributed by atoms with van der Waals surface area (Å²) in [4.78, 5) is 15.0. The zero-order valence-electron chi connectivity index (χ0n) is 13.9. The largest absolute Gasteiger partial charge is 0.342 e. The monoisotopic (exact) mass is 290 g/mol. The van der Waals surface area contributed by atoms with Crippen molar-refractivity contribution < 1.29 is 4.79 Å². The molecular formula is C18H30N2O. The number of carbonyl (C=O) groups is 1. The average Bonchev–Trinajstić information content (AvgIpc) is 2.53. The number of hydrogen-bond acceptors (Lipinski definition) is 2. The highest BCUT2D eigenvalue weighted by molar-refractivity contribution is 5.84. The number of benzene rings is 1. The summed E-state index contributed by atoms with van der Waals surface area (Å²) >= 11 is 0. The molecule has 0 saturated carbocycles. The first-order chi connectivity index (χ1) is 10.0. The van der Waals surface area contributed by atoms with Gasteiger partial charge in [-0.1, -0.05) is 57.5 Å². The Balaban J connectivity index is 2.99. The van der Waals surface area contributed by atoms with Crippen LogP contribution in [0.25, 0.3) is 0 Å². The van der Waals surface area contributed by atoms with E-state index in [1.807, 2.05) is 30.0 Å².